The molecule has 2 amide bonds. The molecule has 0 radical (unpaired) electrons. The molecule has 1 rings (SSSR count). The molecular formula is C13H15BrN2O3. The van der Waals surface area contributed by atoms with Crippen LogP contribution in [0.4, 0.5) is 4.79 Å². The van der Waals surface area contributed by atoms with Crippen molar-refractivity contribution in [2.45, 2.75) is 6.54 Å². The second kappa shape index (κ2) is 6.94. The molecule has 0 heterocycles. The SMILES string of the molecule is C=C(Br)CNC(=O)N(C)Cc1ccc(C(=O)O)cc1. The van der Waals surface area contributed by atoms with Crippen LogP contribution < -0.4 is 5.32 Å². The number of carboxylic acids is 1. The number of halogens is 1. The molecule has 0 saturated carbocycles. The topological polar surface area (TPSA) is 69.6 Å². The first-order valence-electron chi connectivity index (χ1n) is 5.54. The molecular weight excluding hydrogens is 312 g/mol. The lowest BCUT2D eigenvalue weighted by Crippen LogP contribution is -2.37. The maximum Gasteiger partial charge on any atom is 0.335 e. The molecule has 6 heteroatoms. The minimum absolute atomic E-state index is 0.220. The third-order valence-corrected chi connectivity index (χ3v) is 2.68. The normalized spacial score (nSPS) is 9.79. The van der Waals surface area contributed by atoms with E-state index in [2.05, 4.69) is 27.8 Å². The molecule has 0 aromatic heterocycles. The van der Waals surface area contributed by atoms with Crippen molar-refractivity contribution in [3.05, 3.63) is 46.5 Å². The fraction of sp³-hybridized carbons (Fsp3) is 0.231. The molecule has 1 aromatic rings. The monoisotopic (exact) mass is 326 g/mol. The Labute approximate surface area is 120 Å². The zero-order valence-electron chi connectivity index (χ0n) is 10.5. The van der Waals surface area contributed by atoms with Crippen molar-refractivity contribution in [2.24, 2.45) is 0 Å². The van der Waals surface area contributed by atoms with E-state index in [1.165, 1.54) is 17.0 Å². The van der Waals surface area contributed by atoms with E-state index in [1.807, 2.05) is 0 Å². The molecule has 0 spiro atoms. The molecule has 2 N–H and O–H groups in total. The second-order valence-electron chi connectivity index (χ2n) is 4.03. The number of carbonyl (C=O) groups is 2. The van der Waals surface area contributed by atoms with Gasteiger partial charge < -0.3 is 15.3 Å². The average Bonchev–Trinajstić information content (AvgIpc) is 2.36. The standard InChI is InChI=1S/C13H15BrN2O3/c1-9(14)7-15-13(19)16(2)8-10-3-5-11(6-4-10)12(17)18/h3-6H,1,7-8H2,2H3,(H,15,19)(H,17,18). The highest BCUT2D eigenvalue weighted by Crippen LogP contribution is 2.07. The zero-order chi connectivity index (χ0) is 14.4. The highest BCUT2D eigenvalue weighted by molar-refractivity contribution is 9.11. The summed E-state index contributed by atoms with van der Waals surface area (Å²) in [5.41, 5.74) is 1.09. The Kier molecular flexibility index (Phi) is 5.57. The molecule has 0 aliphatic carbocycles. The third-order valence-electron chi connectivity index (χ3n) is 2.40. The van der Waals surface area contributed by atoms with Gasteiger partial charge in [-0.3, -0.25) is 0 Å². The van der Waals surface area contributed by atoms with E-state index in [4.69, 9.17) is 5.11 Å². The molecule has 0 saturated heterocycles. The number of urea groups is 1. The largest absolute Gasteiger partial charge is 0.478 e. The number of hydrogen-bond donors (Lipinski definition) is 2. The van der Waals surface area contributed by atoms with Gasteiger partial charge in [0.05, 0.1) is 12.1 Å². The summed E-state index contributed by atoms with van der Waals surface area (Å²) in [6, 6.07) is 6.20. The van der Waals surface area contributed by atoms with Gasteiger partial charge in [0, 0.05) is 18.1 Å². The van der Waals surface area contributed by atoms with Gasteiger partial charge in [-0.05, 0) is 17.7 Å². The minimum atomic E-state index is -0.964. The molecule has 102 valence electrons. The fourth-order valence-corrected chi connectivity index (χ4v) is 1.55. The first-order valence-corrected chi connectivity index (χ1v) is 6.34. The summed E-state index contributed by atoms with van der Waals surface area (Å²) in [7, 11) is 1.66. The Balaban J connectivity index is 2.56. The van der Waals surface area contributed by atoms with Gasteiger partial charge in [0.25, 0.3) is 0 Å². The van der Waals surface area contributed by atoms with Gasteiger partial charge >= 0.3 is 12.0 Å². The van der Waals surface area contributed by atoms with Gasteiger partial charge in [-0.25, -0.2) is 9.59 Å². The fourth-order valence-electron chi connectivity index (χ4n) is 1.40. The second-order valence-corrected chi connectivity index (χ2v) is 5.16. The predicted molar refractivity (Wildman–Crippen MR) is 76.3 cm³/mol. The maximum absolute atomic E-state index is 11.7. The summed E-state index contributed by atoms with van der Waals surface area (Å²) in [6.07, 6.45) is 0. The highest BCUT2D eigenvalue weighted by Gasteiger charge is 2.09. The number of benzene rings is 1. The molecule has 5 nitrogen and oxygen atoms in total. The van der Waals surface area contributed by atoms with Crippen molar-refractivity contribution >= 4 is 27.9 Å². The van der Waals surface area contributed by atoms with E-state index in [1.54, 1.807) is 19.2 Å². The Morgan fingerprint density at radius 2 is 1.95 bits per heavy atom. The number of carbonyl (C=O) groups excluding carboxylic acids is 1. The van der Waals surface area contributed by atoms with Gasteiger partial charge in [0.15, 0.2) is 0 Å². The van der Waals surface area contributed by atoms with Crippen molar-refractivity contribution in [3.63, 3.8) is 0 Å². The number of nitrogens with one attached hydrogen (secondary N) is 1. The molecule has 19 heavy (non-hydrogen) atoms. The minimum Gasteiger partial charge on any atom is -0.478 e. The van der Waals surface area contributed by atoms with Crippen LogP contribution in [0.2, 0.25) is 0 Å². The van der Waals surface area contributed by atoms with Crippen LogP contribution in [0.25, 0.3) is 0 Å². The summed E-state index contributed by atoms with van der Waals surface area (Å²) in [5.74, 6) is -0.964. The molecule has 0 fully saturated rings. The smallest absolute Gasteiger partial charge is 0.335 e. The van der Waals surface area contributed by atoms with Crippen LogP contribution in [0, 0.1) is 0 Å². The van der Waals surface area contributed by atoms with Gasteiger partial charge in [0.1, 0.15) is 0 Å². The molecule has 0 aliphatic heterocycles. The van der Waals surface area contributed by atoms with Gasteiger partial charge in [-0.2, -0.15) is 0 Å². The van der Waals surface area contributed by atoms with Gasteiger partial charge in [0.2, 0.25) is 0 Å². The number of hydrogen-bond acceptors (Lipinski definition) is 2. The van der Waals surface area contributed by atoms with E-state index in [9.17, 15) is 9.59 Å². The van der Waals surface area contributed by atoms with Crippen LogP contribution in [0.5, 0.6) is 0 Å². The maximum atomic E-state index is 11.7. The number of nitrogens with zero attached hydrogens (tertiary/aromatic N) is 1. The zero-order valence-corrected chi connectivity index (χ0v) is 12.1. The quantitative estimate of drug-likeness (QED) is 0.873. The van der Waals surface area contributed by atoms with E-state index < -0.39 is 5.97 Å². The van der Waals surface area contributed by atoms with Crippen LogP contribution in [-0.2, 0) is 6.54 Å². The van der Waals surface area contributed by atoms with Crippen LogP contribution in [-0.4, -0.2) is 35.6 Å². The Hall–Kier alpha value is -1.82. The average molecular weight is 327 g/mol. The third kappa shape index (κ3) is 5.13. The Morgan fingerprint density at radius 3 is 2.42 bits per heavy atom. The van der Waals surface area contributed by atoms with Gasteiger partial charge in [-0.1, -0.05) is 34.6 Å². The van der Waals surface area contributed by atoms with Crippen LogP contribution in [0.3, 0.4) is 0 Å². The van der Waals surface area contributed by atoms with E-state index in [0.29, 0.717) is 17.6 Å². The lowest BCUT2D eigenvalue weighted by molar-refractivity contribution is 0.0697. The van der Waals surface area contributed by atoms with Crippen molar-refractivity contribution < 1.29 is 14.7 Å². The van der Waals surface area contributed by atoms with E-state index in [-0.39, 0.29) is 11.6 Å². The summed E-state index contributed by atoms with van der Waals surface area (Å²) >= 11 is 3.16. The molecule has 1 aromatic carbocycles. The summed E-state index contributed by atoms with van der Waals surface area (Å²) < 4.78 is 0.695. The molecule has 0 bridgehead atoms. The number of carboxylic acid groups (broad SMARTS) is 1. The summed E-state index contributed by atoms with van der Waals surface area (Å²) in [4.78, 5) is 23.9. The van der Waals surface area contributed by atoms with Crippen molar-refractivity contribution in [2.75, 3.05) is 13.6 Å². The molecule has 0 unspecified atom stereocenters. The number of aromatic carboxylic acids is 1. The Morgan fingerprint density at radius 1 is 1.37 bits per heavy atom. The van der Waals surface area contributed by atoms with E-state index >= 15 is 0 Å². The molecule has 0 atom stereocenters. The first-order chi connectivity index (χ1) is 8.90. The van der Waals surface area contributed by atoms with Crippen LogP contribution in [0.15, 0.2) is 35.3 Å². The van der Waals surface area contributed by atoms with Crippen LogP contribution >= 0.6 is 15.9 Å². The highest BCUT2D eigenvalue weighted by atomic mass is 79.9. The van der Waals surface area contributed by atoms with Crippen LogP contribution in [0.1, 0.15) is 15.9 Å². The summed E-state index contributed by atoms with van der Waals surface area (Å²) in [5, 5.41) is 11.5. The summed E-state index contributed by atoms with van der Waals surface area (Å²) in [6.45, 7) is 4.39. The first kappa shape index (κ1) is 15.2. The number of amides is 2. The molecule has 0 aliphatic rings. The van der Waals surface area contributed by atoms with Crippen molar-refractivity contribution in [1.82, 2.24) is 10.2 Å². The lowest BCUT2D eigenvalue weighted by Gasteiger charge is -2.18. The van der Waals surface area contributed by atoms with Gasteiger partial charge in [-0.15, -0.1) is 0 Å². The lowest BCUT2D eigenvalue weighted by atomic mass is 10.1. The van der Waals surface area contributed by atoms with Crippen molar-refractivity contribution in [3.8, 4) is 0 Å². The predicted octanol–water partition coefficient (Wildman–Crippen LogP) is 2.43. The Bertz CT molecular complexity index is 485. The van der Waals surface area contributed by atoms with E-state index in [0.717, 1.165) is 5.56 Å². The number of rotatable bonds is 5. The van der Waals surface area contributed by atoms with Crippen molar-refractivity contribution in [1.29, 1.82) is 0 Å².